The maximum absolute atomic E-state index is 11.9. The summed E-state index contributed by atoms with van der Waals surface area (Å²) in [7, 11) is -6.05. The van der Waals surface area contributed by atoms with Crippen LogP contribution < -0.4 is 0 Å². The minimum absolute atomic E-state index is 0.0505. The fraction of sp³-hybridized carbons (Fsp3) is 0.750. The SMILES string of the molecule is CC(=O)OC[C@H]1O[C@@H](S/C(CCCCS(C)=O)=N\OS(=O)(=O)O)[C@H](OC(C)=O)[C@@H](OC(C)=O)[C@@H]1OC(C)=O. The Balaban J connectivity index is 3.43. The van der Waals surface area contributed by atoms with Gasteiger partial charge in [0.1, 0.15) is 23.2 Å². The van der Waals surface area contributed by atoms with E-state index in [1.807, 2.05) is 0 Å². The van der Waals surface area contributed by atoms with Crippen molar-refractivity contribution in [1.82, 2.24) is 0 Å². The number of rotatable bonds is 13. The van der Waals surface area contributed by atoms with Crippen molar-refractivity contribution in [2.45, 2.75) is 76.8 Å². The van der Waals surface area contributed by atoms with Gasteiger partial charge in [-0.1, -0.05) is 16.9 Å². The van der Waals surface area contributed by atoms with Gasteiger partial charge >= 0.3 is 34.3 Å². The van der Waals surface area contributed by atoms with Gasteiger partial charge in [0.05, 0.1) is 0 Å². The van der Waals surface area contributed by atoms with E-state index in [-0.39, 0.29) is 11.5 Å². The highest BCUT2D eigenvalue weighted by Crippen LogP contribution is 2.35. The molecule has 6 atom stereocenters. The van der Waals surface area contributed by atoms with E-state index in [2.05, 4.69) is 9.44 Å². The van der Waals surface area contributed by atoms with Gasteiger partial charge in [-0.2, -0.15) is 8.42 Å². The van der Waals surface area contributed by atoms with Crippen molar-refractivity contribution in [1.29, 1.82) is 0 Å². The van der Waals surface area contributed by atoms with E-state index in [9.17, 15) is 31.8 Å². The largest absolute Gasteiger partial charge is 0.466 e. The van der Waals surface area contributed by atoms with Crippen molar-refractivity contribution in [3.05, 3.63) is 0 Å². The monoisotopic (exact) mass is 605 g/mol. The lowest BCUT2D eigenvalue weighted by molar-refractivity contribution is -0.237. The van der Waals surface area contributed by atoms with Gasteiger partial charge < -0.3 is 23.7 Å². The molecular weight excluding hydrogens is 574 g/mol. The van der Waals surface area contributed by atoms with Crippen molar-refractivity contribution >= 4 is 61.9 Å². The summed E-state index contributed by atoms with van der Waals surface area (Å²) >= 11 is 0.707. The summed E-state index contributed by atoms with van der Waals surface area (Å²) in [5, 5.41) is 3.39. The number of oxime groups is 1. The zero-order valence-electron chi connectivity index (χ0n) is 21.3. The molecule has 1 aliphatic heterocycles. The van der Waals surface area contributed by atoms with Crippen LogP contribution in [0.5, 0.6) is 0 Å². The van der Waals surface area contributed by atoms with E-state index in [0.717, 1.165) is 27.7 Å². The van der Waals surface area contributed by atoms with Crippen LogP contribution in [-0.2, 0) is 68.3 Å². The average Bonchev–Trinajstić information content (AvgIpc) is 2.75. The van der Waals surface area contributed by atoms with E-state index >= 15 is 0 Å². The number of unbranched alkanes of at least 4 members (excludes halogenated alkanes) is 1. The van der Waals surface area contributed by atoms with Crippen molar-refractivity contribution in [2.75, 3.05) is 18.6 Å². The molecule has 1 fully saturated rings. The number of thioether (sulfide) groups is 1. The van der Waals surface area contributed by atoms with E-state index in [0.29, 0.717) is 30.4 Å². The Morgan fingerprint density at radius 3 is 1.97 bits per heavy atom. The maximum atomic E-state index is 11.9. The van der Waals surface area contributed by atoms with Crippen LogP contribution >= 0.6 is 11.8 Å². The maximum Gasteiger partial charge on any atom is 0.466 e. The van der Waals surface area contributed by atoms with Gasteiger partial charge in [-0.3, -0.25) is 27.9 Å². The first-order valence-electron chi connectivity index (χ1n) is 11.1. The number of carbonyl (C=O) groups is 4. The second kappa shape index (κ2) is 16.0. The van der Waals surface area contributed by atoms with Gasteiger partial charge in [-0.25, -0.2) is 4.28 Å². The van der Waals surface area contributed by atoms with Crippen molar-refractivity contribution in [3.63, 3.8) is 0 Å². The van der Waals surface area contributed by atoms with Gasteiger partial charge in [-0.15, -0.1) is 0 Å². The van der Waals surface area contributed by atoms with Crippen LogP contribution in [0.2, 0.25) is 0 Å². The molecule has 1 heterocycles. The first-order valence-corrected chi connectivity index (χ1v) is 15.1. The molecule has 0 aliphatic carbocycles. The normalized spacial score (nSPS) is 24.6. The zero-order chi connectivity index (χ0) is 29.0. The van der Waals surface area contributed by atoms with E-state index in [1.165, 1.54) is 6.26 Å². The van der Waals surface area contributed by atoms with Crippen LogP contribution in [0.4, 0.5) is 0 Å². The molecule has 0 aromatic heterocycles. The molecule has 218 valence electrons. The topological polar surface area (TPSA) is 207 Å². The average molecular weight is 606 g/mol. The molecule has 0 saturated carbocycles. The lowest BCUT2D eigenvalue weighted by atomic mass is 9.99. The highest BCUT2D eigenvalue weighted by molar-refractivity contribution is 8.14. The van der Waals surface area contributed by atoms with Crippen LogP contribution in [0, 0.1) is 0 Å². The number of hydrogen-bond acceptors (Lipinski definition) is 15. The van der Waals surface area contributed by atoms with Gasteiger partial charge in [-0.05, 0) is 19.3 Å². The molecule has 0 bridgehead atoms. The number of esters is 4. The summed E-state index contributed by atoms with van der Waals surface area (Å²) in [6.07, 6.45) is -3.03. The third-order valence-corrected chi connectivity index (χ3v) is 6.80. The molecule has 18 heteroatoms. The first-order chi connectivity index (χ1) is 17.6. The molecule has 0 amide bonds. The van der Waals surface area contributed by atoms with Crippen molar-refractivity contribution in [2.24, 2.45) is 5.16 Å². The summed E-state index contributed by atoms with van der Waals surface area (Å²) in [4.78, 5) is 47.1. The molecule has 1 saturated heterocycles. The molecule has 0 radical (unpaired) electrons. The number of nitrogens with zero attached hydrogens (tertiary/aromatic N) is 1. The third kappa shape index (κ3) is 13.5. The second-order valence-corrected chi connectivity index (χ2v) is 11.6. The highest BCUT2D eigenvalue weighted by atomic mass is 32.3. The Labute approximate surface area is 226 Å². The van der Waals surface area contributed by atoms with Gasteiger partial charge in [0.2, 0.25) is 0 Å². The Morgan fingerprint density at radius 1 is 0.921 bits per heavy atom. The lowest BCUT2D eigenvalue weighted by Crippen LogP contribution is -2.61. The third-order valence-electron chi connectivity index (χ3n) is 4.51. The quantitative estimate of drug-likeness (QED) is 0.0576. The predicted octanol–water partition coefficient (Wildman–Crippen LogP) is 0.484. The van der Waals surface area contributed by atoms with Crippen LogP contribution in [0.3, 0.4) is 0 Å². The molecule has 15 nitrogen and oxygen atoms in total. The van der Waals surface area contributed by atoms with Gasteiger partial charge in [0.15, 0.2) is 18.3 Å². The first kappa shape index (κ1) is 33.7. The molecule has 38 heavy (non-hydrogen) atoms. The van der Waals surface area contributed by atoms with E-state index in [1.54, 1.807) is 0 Å². The van der Waals surface area contributed by atoms with Crippen LogP contribution in [0.25, 0.3) is 0 Å². The number of ether oxygens (including phenoxy) is 5. The van der Waals surface area contributed by atoms with E-state index in [4.69, 9.17) is 28.2 Å². The number of carbonyl (C=O) groups excluding carboxylic acids is 4. The summed E-state index contributed by atoms with van der Waals surface area (Å²) < 4.78 is 73.5. The summed E-state index contributed by atoms with van der Waals surface area (Å²) in [6, 6.07) is 0. The van der Waals surface area contributed by atoms with Gasteiger partial charge in [0.25, 0.3) is 0 Å². The van der Waals surface area contributed by atoms with Crippen LogP contribution in [0.1, 0.15) is 47.0 Å². The van der Waals surface area contributed by atoms with Crippen LogP contribution in [-0.4, -0.2) is 94.6 Å². The summed E-state index contributed by atoms with van der Waals surface area (Å²) in [5.74, 6) is -2.77. The lowest BCUT2D eigenvalue weighted by Gasteiger charge is -2.44. The number of hydrogen-bond donors (Lipinski definition) is 1. The fourth-order valence-electron chi connectivity index (χ4n) is 3.21. The molecular formula is C20H31NO14S3. The highest BCUT2D eigenvalue weighted by Gasteiger charge is 2.52. The van der Waals surface area contributed by atoms with Crippen LogP contribution in [0.15, 0.2) is 5.16 Å². The fourth-order valence-corrected chi connectivity index (χ4v) is 5.21. The Morgan fingerprint density at radius 2 is 1.47 bits per heavy atom. The molecule has 1 aliphatic rings. The standard InChI is InChI=1S/C20H31NO14S3/c1-11(22)30-10-15-17(31-12(2)23)18(32-13(3)24)19(33-14(4)25)20(34-15)36-16(21-35-38(27,28)29)8-6-7-9-37(5)26/h15,17-20H,6-10H2,1-5H3,(H,27,28,29)/b21-16-/t15-,17-,18+,19-,20+,37?/m1/s1. The molecule has 1 rings (SSSR count). The van der Waals surface area contributed by atoms with Crippen molar-refractivity contribution in [3.8, 4) is 0 Å². The minimum Gasteiger partial charge on any atom is -0.463 e. The predicted molar refractivity (Wildman–Crippen MR) is 132 cm³/mol. The zero-order valence-corrected chi connectivity index (χ0v) is 23.8. The smallest absolute Gasteiger partial charge is 0.463 e. The molecule has 1 unspecified atom stereocenters. The second-order valence-electron chi connectivity index (χ2n) is 7.91. The van der Waals surface area contributed by atoms with Gasteiger partial charge in [0, 0.05) is 50.5 Å². The Bertz CT molecular complexity index is 1010. The van der Waals surface area contributed by atoms with E-state index < -0.39 is 81.5 Å². The minimum atomic E-state index is -4.97. The molecule has 1 N–H and O–H groups in total. The molecule has 0 spiro atoms. The summed E-state index contributed by atoms with van der Waals surface area (Å²) in [6.45, 7) is 3.89. The Kier molecular flexibility index (Phi) is 14.2. The van der Waals surface area contributed by atoms with Crippen molar-refractivity contribution < 1.29 is 64.3 Å². The summed E-state index contributed by atoms with van der Waals surface area (Å²) in [5.41, 5.74) is -1.28. The molecule has 0 aromatic rings. The Hall–Kier alpha value is -2.28. The molecule has 0 aromatic carbocycles.